The van der Waals surface area contributed by atoms with Crippen LogP contribution in [0, 0.1) is 5.82 Å². The van der Waals surface area contributed by atoms with Crippen LogP contribution in [0.3, 0.4) is 0 Å². The average Bonchev–Trinajstić information content (AvgIpc) is 2.71. The second-order valence-electron chi connectivity index (χ2n) is 5.87. The summed E-state index contributed by atoms with van der Waals surface area (Å²) in [5.74, 6) is 0.174. The minimum atomic E-state index is -0.345. The number of fused-ring (bicyclic) bond motifs is 2. The van der Waals surface area contributed by atoms with Crippen LogP contribution in [-0.2, 0) is 4.79 Å². The van der Waals surface area contributed by atoms with Crippen molar-refractivity contribution in [3.8, 4) is 5.75 Å². The summed E-state index contributed by atoms with van der Waals surface area (Å²) in [4.78, 5) is 14.2. The van der Waals surface area contributed by atoms with Crippen LogP contribution < -0.4 is 4.74 Å². The Morgan fingerprint density at radius 2 is 2.05 bits per heavy atom. The Bertz CT molecular complexity index is 508. The van der Waals surface area contributed by atoms with Crippen molar-refractivity contribution in [1.29, 1.82) is 0 Å². The van der Waals surface area contributed by atoms with Crippen molar-refractivity contribution in [3.63, 3.8) is 0 Å². The smallest absolute Gasteiger partial charge is 0.226 e. The highest BCUT2D eigenvalue weighted by molar-refractivity contribution is 5.77. The molecule has 2 saturated heterocycles. The number of hydrogen-bond donors (Lipinski definition) is 1. The summed E-state index contributed by atoms with van der Waals surface area (Å²) in [7, 11) is 0. The molecule has 4 nitrogen and oxygen atoms in total. The number of carbonyl (C=O) groups is 1. The van der Waals surface area contributed by atoms with Crippen LogP contribution in [0.5, 0.6) is 5.75 Å². The third kappa shape index (κ3) is 3.18. The Balaban J connectivity index is 1.51. The molecule has 1 aromatic carbocycles. The molecule has 2 aliphatic rings. The van der Waals surface area contributed by atoms with Crippen molar-refractivity contribution in [2.75, 3.05) is 6.61 Å². The van der Waals surface area contributed by atoms with Gasteiger partial charge in [0.25, 0.3) is 0 Å². The van der Waals surface area contributed by atoms with Crippen LogP contribution in [0.4, 0.5) is 4.39 Å². The first kappa shape index (κ1) is 14.3. The minimum absolute atomic E-state index is 0.0748. The third-order valence-electron chi connectivity index (χ3n) is 4.38. The van der Waals surface area contributed by atoms with Gasteiger partial charge in [-0.3, -0.25) is 4.79 Å². The highest BCUT2D eigenvalue weighted by Gasteiger charge is 2.42. The molecule has 0 spiro atoms. The Hall–Kier alpha value is -1.62. The van der Waals surface area contributed by atoms with Gasteiger partial charge in [0.1, 0.15) is 11.6 Å². The minimum Gasteiger partial charge on any atom is -0.493 e. The van der Waals surface area contributed by atoms with Crippen LogP contribution in [0.2, 0.25) is 0 Å². The Labute approximate surface area is 123 Å². The van der Waals surface area contributed by atoms with E-state index >= 15 is 0 Å². The predicted molar refractivity (Wildman–Crippen MR) is 75.4 cm³/mol. The normalized spacial score (nSPS) is 27.7. The van der Waals surface area contributed by atoms with Gasteiger partial charge in [0.2, 0.25) is 5.91 Å². The molecule has 2 aliphatic heterocycles. The lowest BCUT2D eigenvalue weighted by Crippen LogP contribution is -2.48. The van der Waals surface area contributed by atoms with Gasteiger partial charge in [-0.25, -0.2) is 4.39 Å². The van der Waals surface area contributed by atoms with Gasteiger partial charge in [-0.05, 0) is 37.8 Å². The monoisotopic (exact) mass is 293 g/mol. The molecule has 1 aromatic rings. The highest BCUT2D eigenvalue weighted by Crippen LogP contribution is 2.36. The number of carbonyl (C=O) groups excluding carboxylic acids is 1. The molecule has 21 heavy (non-hydrogen) atoms. The molecule has 5 heteroatoms. The average molecular weight is 293 g/mol. The number of ether oxygens (including phenoxy) is 1. The standard InChI is InChI=1S/C16H20FNO3/c17-11-2-1-3-15(8-11)21-7-6-16(20)18-12-4-5-13(18)10-14(19)9-12/h1-3,8,12-14,19H,4-7,9-10H2. The van der Waals surface area contributed by atoms with E-state index in [0.29, 0.717) is 25.0 Å². The Morgan fingerprint density at radius 3 is 2.71 bits per heavy atom. The van der Waals surface area contributed by atoms with Crippen molar-refractivity contribution in [3.05, 3.63) is 30.1 Å². The molecule has 3 rings (SSSR count). The van der Waals surface area contributed by atoms with E-state index in [0.717, 1.165) is 12.8 Å². The summed E-state index contributed by atoms with van der Waals surface area (Å²) in [5.41, 5.74) is 0. The zero-order valence-electron chi connectivity index (χ0n) is 11.9. The molecular weight excluding hydrogens is 273 g/mol. The van der Waals surface area contributed by atoms with E-state index in [1.165, 1.54) is 12.1 Å². The van der Waals surface area contributed by atoms with Crippen molar-refractivity contribution >= 4 is 5.91 Å². The lowest BCUT2D eigenvalue weighted by Gasteiger charge is -2.37. The van der Waals surface area contributed by atoms with Gasteiger partial charge in [0.15, 0.2) is 0 Å². The molecule has 2 heterocycles. The van der Waals surface area contributed by atoms with Gasteiger partial charge in [0.05, 0.1) is 19.1 Å². The number of rotatable bonds is 4. The van der Waals surface area contributed by atoms with Crippen molar-refractivity contribution < 1.29 is 19.0 Å². The molecule has 2 fully saturated rings. The van der Waals surface area contributed by atoms with E-state index in [9.17, 15) is 14.3 Å². The second-order valence-corrected chi connectivity index (χ2v) is 5.87. The SMILES string of the molecule is O=C(CCOc1cccc(F)c1)N1C2CCC1CC(O)C2. The van der Waals surface area contributed by atoms with Gasteiger partial charge in [-0.15, -0.1) is 0 Å². The van der Waals surface area contributed by atoms with E-state index in [2.05, 4.69) is 0 Å². The summed E-state index contributed by atoms with van der Waals surface area (Å²) < 4.78 is 18.4. The van der Waals surface area contributed by atoms with Crippen molar-refractivity contribution in [2.45, 2.75) is 50.3 Å². The highest BCUT2D eigenvalue weighted by atomic mass is 19.1. The van der Waals surface area contributed by atoms with Gasteiger partial charge < -0.3 is 14.7 Å². The molecule has 0 aromatic heterocycles. The molecule has 2 bridgehead atoms. The van der Waals surface area contributed by atoms with Crippen LogP contribution in [0.1, 0.15) is 32.1 Å². The number of benzene rings is 1. The zero-order valence-corrected chi connectivity index (χ0v) is 11.9. The van der Waals surface area contributed by atoms with E-state index in [1.54, 1.807) is 12.1 Å². The van der Waals surface area contributed by atoms with E-state index in [1.807, 2.05) is 4.90 Å². The summed E-state index contributed by atoms with van der Waals surface area (Å²) >= 11 is 0. The van der Waals surface area contributed by atoms with Crippen LogP contribution in [0.25, 0.3) is 0 Å². The van der Waals surface area contributed by atoms with E-state index in [-0.39, 0.29) is 36.5 Å². The topological polar surface area (TPSA) is 49.8 Å². The van der Waals surface area contributed by atoms with E-state index in [4.69, 9.17) is 4.74 Å². The zero-order chi connectivity index (χ0) is 14.8. The number of amides is 1. The number of piperidine rings is 1. The predicted octanol–water partition coefficient (Wildman–Crippen LogP) is 2.11. The number of aliphatic hydroxyl groups excluding tert-OH is 1. The van der Waals surface area contributed by atoms with Crippen LogP contribution in [0.15, 0.2) is 24.3 Å². The fourth-order valence-corrected chi connectivity index (χ4v) is 3.50. The van der Waals surface area contributed by atoms with Gasteiger partial charge in [0, 0.05) is 18.2 Å². The maximum absolute atomic E-state index is 13.0. The van der Waals surface area contributed by atoms with Crippen molar-refractivity contribution in [2.24, 2.45) is 0 Å². The summed E-state index contributed by atoms with van der Waals surface area (Å²) in [6.07, 6.45) is 3.37. The quantitative estimate of drug-likeness (QED) is 0.925. The molecule has 114 valence electrons. The summed E-state index contributed by atoms with van der Waals surface area (Å²) in [6, 6.07) is 6.29. The fraction of sp³-hybridized carbons (Fsp3) is 0.562. The molecule has 1 N–H and O–H groups in total. The Morgan fingerprint density at radius 1 is 1.33 bits per heavy atom. The molecule has 1 amide bonds. The first-order valence-corrected chi connectivity index (χ1v) is 7.51. The second kappa shape index (κ2) is 6.02. The maximum Gasteiger partial charge on any atom is 0.226 e. The van der Waals surface area contributed by atoms with Gasteiger partial charge in [-0.1, -0.05) is 6.07 Å². The molecule has 0 aliphatic carbocycles. The maximum atomic E-state index is 13.0. The van der Waals surface area contributed by atoms with Crippen LogP contribution >= 0.6 is 0 Å². The first-order valence-electron chi connectivity index (χ1n) is 7.51. The number of aliphatic hydroxyl groups is 1. The number of nitrogens with zero attached hydrogens (tertiary/aromatic N) is 1. The summed E-state index contributed by atoms with van der Waals surface area (Å²) in [6.45, 7) is 0.251. The van der Waals surface area contributed by atoms with Gasteiger partial charge in [-0.2, -0.15) is 0 Å². The molecule has 2 unspecified atom stereocenters. The Kier molecular flexibility index (Phi) is 4.10. The van der Waals surface area contributed by atoms with E-state index < -0.39 is 0 Å². The molecular formula is C16H20FNO3. The number of hydrogen-bond acceptors (Lipinski definition) is 3. The molecule has 0 radical (unpaired) electrons. The molecule has 0 saturated carbocycles. The van der Waals surface area contributed by atoms with Gasteiger partial charge >= 0.3 is 0 Å². The summed E-state index contributed by atoms with van der Waals surface area (Å²) in [5, 5.41) is 9.74. The first-order chi connectivity index (χ1) is 10.1. The van der Waals surface area contributed by atoms with Crippen LogP contribution in [-0.4, -0.2) is 40.7 Å². The number of halogens is 1. The van der Waals surface area contributed by atoms with Crippen molar-refractivity contribution in [1.82, 2.24) is 4.90 Å². The lowest BCUT2D eigenvalue weighted by atomic mass is 9.99. The third-order valence-corrected chi connectivity index (χ3v) is 4.38. The molecule has 2 atom stereocenters. The lowest BCUT2D eigenvalue weighted by molar-refractivity contribution is -0.137. The largest absolute Gasteiger partial charge is 0.493 e. The fourth-order valence-electron chi connectivity index (χ4n) is 3.50.